The zero-order chi connectivity index (χ0) is 21.6. The molecule has 1 aliphatic rings. The summed E-state index contributed by atoms with van der Waals surface area (Å²) in [6, 6.07) is 5.10. The number of hydrogen-bond donors (Lipinski definition) is 1. The predicted octanol–water partition coefficient (Wildman–Crippen LogP) is 4.32. The number of benzene rings is 1. The Morgan fingerprint density at radius 3 is 2.67 bits per heavy atom. The van der Waals surface area contributed by atoms with Gasteiger partial charge in [0.05, 0.1) is 17.7 Å². The minimum atomic E-state index is -4.38. The number of halogens is 3. The molecule has 2 aromatic rings. The number of likely N-dealkylation sites (tertiary alicyclic amines) is 1. The minimum absolute atomic E-state index is 0.239. The van der Waals surface area contributed by atoms with E-state index in [2.05, 4.69) is 15.2 Å². The second-order valence-corrected chi connectivity index (χ2v) is 7.84. The molecule has 0 radical (unpaired) electrons. The molecule has 1 aromatic carbocycles. The van der Waals surface area contributed by atoms with Crippen LogP contribution in [0.25, 0.3) is 11.3 Å². The van der Waals surface area contributed by atoms with Crippen molar-refractivity contribution < 1.29 is 23.1 Å². The molecule has 0 amide bonds. The normalized spacial score (nSPS) is 17.9. The molecule has 1 saturated heterocycles. The van der Waals surface area contributed by atoms with E-state index in [0.717, 1.165) is 63.7 Å². The summed E-state index contributed by atoms with van der Waals surface area (Å²) >= 11 is 0. The van der Waals surface area contributed by atoms with Gasteiger partial charge < -0.3 is 10.0 Å². The number of unbranched alkanes of at least 4 members (excludes halogenated alkanes) is 3. The van der Waals surface area contributed by atoms with E-state index in [9.17, 15) is 18.0 Å². The maximum atomic E-state index is 12.9. The lowest BCUT2D eigenvalue weighted by atomic mass is 9.98. The predicted molar refractivity (Wildman–Crippen MR) is 106 cm³/mol. The maximum absolute atomic E-state index is 12.9. The van der Waals surface area contributed by atoms with Gasteiger partial charge >= 0.3 is 12.1 Å². The van der Waals surface area contributed by atoms with Crippen LogP contribution in [0.3, 0.4) is 0 Å². The topological polar surface area (TPSA) is 71.2 Å². The van der Waals surface area contributed by atoms with Crippen LogP contribution in [0.5, 0.6) is 0 Å². The number of carbonyl (C=O) groups is 1. The van der Waals surface area contributed by atoms with Gasteiger partial charge in [0.1, 0.15) is 5.69 Å². The second kappa shape index (κ2) is 10.1. The van der Waals surface area contributed by atoms with Crippen molar-refractivity contribution in [3.05, 3.63) is 36.0 Å². The van der Waals surface area contributed by atoms with E-state index in [0.29, 0.717) is 24.3 Å². The highest BCUT2D eigenvalue weighted by Gasteiger charge is 2.30. The van der Waals surface area contributed by atoms with Crippen LogP contribution in [0.4, 0.5) is 13.2 Å². The molecule has 0 saturated carbocycles. The summed E-state index contributed by atoms with van der Waals surface area (Å²) in [5.41, 5.74) is 0.134. The first-order valence-corrected chi connectivity index (χ1v) is 10.4. The molecule has 3 rings (SSSR count). The van der Waals surface area contributed by atoms with Gasteiger partial charge in [0.25, 0.3) is 0 Å². The third-order valence-electron chi connectivity index (χ3n) is 5.49. The van der Waals surface area contributed by atoms with E-state index in [1.165, 1.54) is 6.07 Å². The number of aryl methyl sites for hydroxylation is 1. The number of carboxylic acid groups (broad SMARTS) is 1. The van der Waals surface area contributed by atoms with Gasteiger partial charge in [-0.15, -0.1) is 5.10 Å². The van der Waals surface area contributed by atoms with Crippen LogP contribution < -0.4 is 0 Å². The molecule has 1 aliphatic heterocycles. The van der Waals surface area contributed by atoms with Crippen molar-refractivity contribution in [2.75, 3.05) is 19.6 Å². The molecule has 2 heterocycles. The molecule has 0 bridgehead atoms. The summed E-state index contributed by atoms with van der Waals surface area (Å²) in [6.07, 6.45) is 2.99. The van der Waals surface area contributed by atoms with Crippen LogP contribution in [0.15, 0.2) is 30.5 Å². The van der Waals surface area contributed by atoms with Crippen LogP contribution >= 0.6 is 0 Å². The Labute approximate surface area is 173 Å². The molecule has 1 aromatic heterocycles. The fraction of sp³-hybridized carbons (Fsp3) is 0.571. The van der Waals surface area contributed by atoms with E-state index in [1.54, 1.807) is 16.9 Å². The lowest BCUT2D eigenvalue weighted by Gasteiger charge is -2.30. The zero-order valence-electron chi connectivity index (χ0n) is 16.8. The van der Waals surface area contributed by atoms with E-state index in [-0.39, 0.29) is 5.92 Å². The smallest absolute Gasteiger partial charge is 0.416 e. The second-order valence-electron chi connectivity index (χ2n) is 7.84. The lowest BCUT2D eigenvalue weighted by molar-refractivity contribution is -0.143. The molecule has 164 valence electrons. The molecule has 1 atom stereocenters. The first-order chi connectivity index (χ1) is 14.3. The number of aromatic nitrogens is 3. The molecular weight excluding hydrogens is 397 g/mol. The van der Waals surface area contributed by atoms with Crippen LogP contribution in [-0.4, -0.2) is 50.6 Å². The first-order valence-electron chi connectivity index (χ1n) is 10.4. The third kappa shape index (κ3) is 6.29. The SMILES string of the molecule is O=C(O)C1CCCN(CCCCCCn2cc(-c3cccc(C(F)(F)F)c3)nn2)C1. The number of hydrogen-bond acceptors (Lipinski definition) is 4. The van der Waals surface area contributed by atoms with Crippen LogP contribution in [0.2, 0.25) is 0 Å². The van der Waals surface area contributed by atoms with Crippen LogP contribution in [0, 0.1) is 5.92 Å². The van der Waals surface area contributed by atoms with Gasteiger partial charge in [0.15, 0.2) is 0 Å². The molecule has 1 N–H and O–H groups in total. The van der Waals surface area contributed by atoms with Crippen molar-refractivity contribution in [2.24, 2.45) is 5.92 Å². The molecular formula is C21H27F3N4O2. The Bertz CT molecular complexity index is 838. The molecule has 9 heteroatoms. The highest BCUT2D eigenvalue weighted by Crippen LogP contribution is 2.31. The van der Waals surface area contributed by atoms with E-state index in [1.807, 2.05) is 0 Å². The fourth-order valence-corrected chi connectivity index (χ4v) is 3.82. The van der Waals surface area contributed by atoms with Crippen molar-refractivity contribution in [2.45, 2.75) is 51.2 Å². The maximum Gasteiger partial charge on any atom is 0.416 e. The summed E-state index contributed by atoms with van der Waals surface area (Å²) in [4.78, 5) is 13.3. The average molecular weight is 424 g/mol. The zero-order valence-corrected chi connectivity index (χ0v) is 16.8. The van der Waals surface area contributed by atoms with Gasteiger partial charge in [-0.2, -0.15) is 13.2 Å². The Balaban J connectivity index is 1.38. The largest absolute Gasteiger partial charge is 0.481 e. The highest BCUT2D eigenvalue weighted by atomic mass is 19.4. The average Bonchev–Trinajstić information content (AvgIpc) is 3.19. The Kier molecular flexibility index (Phi) is 7.47. The van der Waals surface area contributed by atoms with Gasteiger partial charge in [0.2, 0.25) is 0 Å². The minimum Gasteiger partial charge on any atom is -0.481 e. The number of rotatable bonds is 9. The van der Waals surface area contributed by atoms with Crippen molar-refractivity contribution in [3.63, 3.8) is 0 Å². The van der Waals surface area contributed by atoms with Crippen molar-refractivity contribution in [1.82, 2.24) is 19.9 Å². The van der Waals surface area contributed by atoms with Crippen LogP contribution in [-0.2, 0) is 17.5 Å². The summed E-state index contributed by atoms with van der Waals surface area (Å²) in [5.74, 6) is -0.936. The van der Waals surface area contributed by atoms with Crippen molar-refractivity contribution in [1.29, 1.82) is 0 Å². The molecule has 6 nitrogen and oxygen atoms in total. The van der Waals surface area contributed by atoms with E-state index < -0.39 is 17.7 Å². The highest BCUT2D eigenvalue weighted by molar-refractivity contribution is 5.70. The molecule has 1 fully saturated rings. The summed E-state index contributed by atoms with van der Waals surface area (Å²) in [7, 11) is 0. The van der Waals surface area contributed by atoms with Gasteiger partial charge in [-0.1, -0.05) is 30.2 Å². The number of piperidine rings is 1. The van der Waals surface area contributed by atoms with Crippen molar-refractivity contribution >= 4 is 5.97 Å². The fourth-order valence-electron chi connectivity index (χ4n) is 3.82. The summed E-state index contributed by atoms with van der Waals surface area (Å²) in [5, 5.41) is 17.2. The Morgan fingerprint density at radius 1 is 1.17 bits per heavy atom. The Hall–Kier alpha value is -2.42. The van der Waals surface area contributed by atoms with Gasteiger partial charge in [-0.05, 0) is 50.9 Å². The first kappa shape index (κ1) is 22.3. The monoisotopic (exact) mass is 424 g/mol. The summed E-state index contributed by atoms with van der Waals surface area (Å²) in [6.45, 7) is 3.21. The number of alkyl halides is 3. The van der Waals surface area contributed by atoms with Crippen LogP contribution in [0.1, 0.15) is 44.1 Å². The molecule has 1 unspecified atom stereocenters. The summed E-state index contributed by atoms with van der Waals surface area (Å²) < 4.78 is 40.2. The van der Waals surface area contributed by atoms with Gasteiger partial charge in [-0.25, -0.2) is 0 Å². The standard InChI is InChI=1S/C21H27F3N4O2/c22-21(23,24)18-9-5-7-16(13-18)19-15-28(26-25-19)12-4-2-1-3-10-27-11-6-8-17(14-27)20(29)30/h5,7,9,13,15,17H,1-4,6,8,10-12,14H2,(H,29,30). The molecule has 30 heavy (non-hydrogen) atoms. The van der Waals surface area contributed by atoms with E-state index >= 15 is 0 Å². The Morgan fingerprint density at radius 2 is 1.93 bits per heavy atom. The van der Waals surface area contributed by atoms with Gasteiger partial charge in [-0.3, -0.25) is 9.48 Å². The molecule has 0 spiro atoms. The van der Waals surface area contributed by atoms with E-state index in [4.69, 9.17) is 5.11 Å². The molecule has 0 aliphatic carbocycles. The number of aliphatic carboxylic acids is 1. The van der Waals surface area contributed by atoms with Crippen molar-refractivity contribution in [3.8, 4) is 11.3 Å². The van der Waals surface area contributed by atoms with Gasteiger partial charge in [0, 0.05) is 18.7 Å². The lowest BCUT2D eigenvalue weighted by Crippen LogP contribution is -2.39. The number of nitrogens with zero attached hydrogens (tertiary/aromatic N) is 4. The number of carboxylic acids is 1. The quantitative estimate of drug-likeness (QED) is 0.607. The third-order valence-corrected chi connectivity index (χ3v) is 5.49.